The molecule has 110 valence electrons. The molecule has 4 heteroatoms. The molecule has 0 aromatic heterocycles. The SMILES string of the molecule is CC(C(=O)NC1CCC(N)CC1)C(N)c1ccccc1. The van der Waals surface area contributed by atoms with E-state index in [9.17, 15) is 4.79 Å². The standard InChI is InChI=1S/C16H25N3O/c1-11(15(18)12-5-3-2-4-6-12)16(20)19-14-9-7-13(17)8-10-14/h2-6,11,13-15H,7-10,17-18H2,1H3,(H,19,20). The van der Waals surface area contributed by atoms with Crippen molar-refractivity contribution in [3.63, 3.8) is 0 Å². The van der Waals surface area contributed by atoms with Crippen molar-refractivity contribution in [3.8, 4) is 0 Å². The Balaban J connectivity index is 1.88. The summed E-state index contributed by atoms with van der Waals surface area (Å²) in [5.74, 6) is -0.185. The number of hydrogen-bond donors (Lipinski definition) is 3. The highest BCUT2D eigenvalue weighted by Crippen LogP contribution is 2.21. The Labute approximate surface area is 120 Å². The van der Waals surface area contributed by atoms with E-state index < -0.39 is 0 Å². The zero-order valence-electron chi connectivity index (χ0n) is 12.1. The molecule has 1 aliphatic carbocycles. The zero-order valence-corrected chi connectivity index (χ0v) is 12.1. The quantitative estimate of drug-likeness (QED) is 0.782. The highest BCUT2D eigenvalue weighted by Gasteiger charge is 2.26. The minimum absolute atomic E-state index is 0.0434. The summed E-state index contributed by atoms with van der Waals surface area (Å²) in [5.41, 5.74) is 13.1. The molecule has 1 amide bonds. The number of nitrogens with one attached hydrogen (secondary N) is 1. The maximum Gasteiger partial charge on any atom is 0.224 e. The van der Waals surface area contributed by atoms with Crippen LogP contribution >= 0.6 is 0 Å². The lowest BCUT2D eigenvalue weighted by Crippen LogP contribution is -2.44. The summed E-state index contributed by atoms with van der Waals surface area (Å²) in [6, 6.07) is 10.1. The number of amides is 1. The van der Waals surface area contributed by atoms with Gasteiger partial charge in [0.25, 0.3) is 0 Å². The summed E-state index contributed by atoms with van der Waals surface area (Å²) in [6.45, 7) is 1.89. The van der Waals surface area contributed by atoms with Gasteiger partial charge in [-0.1, -0.05) is 37.3 Å². The highest BCUT2D eigenvalue weighted by molar-refractivity contribution is 5.79. The second-order valence-corrected chi connectivity index (χ2v) is 5.85. The van der Waals surface area contributed by atoms with Gasteiger partial charge in [-0.2, -0.15) is 0 Å². The van der Waals surface area contributed by atoms with Gasteiger partial charge >= 0.3 is 0 Å². The number of hydrogen-bond acceptors (Lipinski definition) is 3. The summed E-state index contributed by atoms with van der Waals surface area (Å²) >= 11 is 0. The molecule has 1 aromatic rings. The average molecular weight is 275 g/mol. The molecule has 0 heterocycles. The number of nitrogens with two attached hydrogens (primary N) is 2. The molecule has 4 nitrogen and oxygen atoms in total. The summed E-state index contributed by atoms with van der Waals surface area (Å²) in [4.78, 5) is 12.3. The van der Waals surface area contributed by atoms with Gasteiger partial charge in [0, 0.05) is 18.1 Å². The van der Waals surface area contributed by atoms with Gasteiger partial charge in [-0.15, -0.1) is 0 Å². The first-order chi connectivity index (χ1) is 9.58. The molecule has 2 unspecified atom stereocenters. The first-order valence-electron chi connectivity index (χ1n) is 7.44. The molecule has 1 saturated carbocycles. The van der Waals surface area contributed by atoms with Crippen molar-refractivity contribution >= 4 is 5.91 Å². The van der Waals surface area contributed by atoms with Gasteiger partial charge < -0.3 is 16.8 Å². The number of benzene rings is 1. The van der Waals surface area contributed by atoms with Gasteiger partial charge in [0.1, 0.15) is 0 Å². The topological polar surface area (TPSA) is 81.1 Å². The lowest BCUT2D eigenvalue weighted by Gasteiger charge is -2.29. The van der Waals surface area contributed by atoms with Gasteiger partial charge in [0.15, 0.2) is 0 Å². The molecular weight excluding hydrogens is 250 g/mol. The summed E-state index contributed by atoms with van der Waals surface area (Å²) < 4.78 is 0. The normalized spacial score (nSPS) is 25.8. The molecule has 0 radical (unpaired) electrons. The van der Waals surface area contributed by atoms with E-state index in [4.69, 9.17) is 11.5 Å². The van der Waals surface area contributed by atoms with E-state index >= 15 is 0 Å². The third kappa shape index (κ3) is 3.81. The summed E-state index contributed by atoms with van der Waals surface area (Å²) in [5, 5.41) is 3.12. The average Bonchev–Trinajstić information content (AvgIpc) is 2.49. The molecule has 0 spiro atoms. The highest BCUT2D eigenvalue weighted by atomic mass is 16.1. The largest absolute Gasteiger partial charge is 0.353 e. The number of rotatable bonds is 4. The van der Waals surface area contributed by atoms with E-state index in [0.29, 0.717) is 6.04 Å². The predicted molar refractivity (Wildman–Crippen MR) is 80.9 cm³/mol. The lowest BCUT2D eigenvalue weighted by molar-refractivity contribution is -0.126. The van der Waals surface area contributed by atoms with Crippen LogP contribution in [0.4, 0.5) is 0 Å². The molecule has 0 saturated heterocycles. The molecule has 2 atom stereocenters. The van der Waals surface area contributed by atoms with E-state index in [-0.39, 0.29) is 23.9 Å². The molecule has 20 heavy (non-hydrogen) atoms. The van der Waals surface area contributed by atoms with Crippen LogP contribution in [0.3, 0.4) is 0 Å². The first kappa shape index (κ1) is 15.0. The Morgan fingerprint density at radius 1 is 1.20 bits per heavy atom. The van der Waals surface area contributed by atoms with Crippen LogP contribution in [0.5, 0.6) is 0 Å². The molecule has 2 rings (SSSR count). The predicted octanol–water partition coefficient (Wildman–Crippen LogP) is 1.71. The van der Waals surface area contributed by atoms with E-state index in [1.165, 1.54) is 0 Å². The van der Waals surface area contributed by atoms with E-state index in [2.05, 4.69) is 5.32 Å². The second kappa shape index (κ2) is 6.86. The van der Waals surface area contributed by atoms with E-state index in [1.807, 2.05) is 37.3 Å². The van der Waals surface area contributed by atoms with Crippen LogP contribution in [-0.4, -0.2) is 18.0 Å². The monoisotopic (exact) mass is 275 g/mol. The van der Waals surface area contributed by atoms with Crippen molar-refractivity contribution < 1.29 is 4.79 Å². The Morgan fingerprint density at radius 3 is 2.40 bits per heavy atom. The van der Waals surface area contributed by atoms with Gasteiger partial charge in [0.05, 0.1) is 5.92 Å². The van der Waals surface area contributed by atoms with Gasteiger partial charge in [-0.05, 0) is 31.2 Å². The molecule has 1 aromatic carbocycles. The Morgan fingerprint density at radius 2 is 1.80 bits per heavy atom. The molecule has 0 bridgehead atoms. The zero-order chi connectivity index (χ0) is 14.5. The fraction of sp³-hybridized carbons (Fsp3) is 0.562. The smallest absolute Gasteiger partial charge is 0.224 e. The number of carbonyl (C=O) groups is 1. The van der Waals surface area contributed by atoms with Crippen LogP contribution in [0.2, 0.25) is 0 Å². The summed E-state index contributed by atoms with van der Waals surface area (Å²) in [6.07, 6.45) is 3.93. The van der Waals surface area contributed by atoms with Crippen LogP contribution < -0.4 is 16.8 Å². The first-order valence-corrected chi connectivity index (χ1v) is 7.44. The molecule has 5 N–H and O–H groups in total. The van der Waals surface area contributed by atoms with Crippen molar-refractivity contribution in [2.24, 2.45) is 17.4 Å². The van der Waals surface area contributed by atoms with Crippen LogP contribution in [-0.2, 0) is 4.79 Å². The molecule has 1 fully saturated rings. The molecule has 1 aliphatic rings. The van der Waals surface area contributed by atoms with Crippen molar-refractivity contribution in [1.29, 1.82) is 0 Å². The van der Waals surface area contributed by atoms with Crippen molar-refractivity contribution in [2.45, 2.75) is 50.7 Å². The fourth-order valence-electron chi connectivity index (χ4n) is 2.72. The lowest BCUT2D eigenvalue weighted by atomic mass is 9.90. The van der Waals surface area contributed by atoms with Crippen LogP contribution in [0.1, 0.15) is 44.2 Å². The van der Waals surface area contributed by atoms with Crippen LogP contribution in [0, 0.1) is 5.92 Å². The Hall–Kier alpha value is -1.39. The van der Waals surface area contributed by atoms with Crippen LogP contribution in [0.25, 0.3) is 0 Å². The maximum absolute atomic E-state index is 12.3. The number of carbonyl (C=O) groups excluding carboxylic acids is 1. The van der Waals surface area contributed by atoms with Gasteiger partial charge in [0.2, 0.25) is 5.91 Å². The fourth-order valence-corrected chi connectivity index (χ4v) is 2.72. The summed E-state index contributed by atoms with van der Waals surface area (Å²) in [7, 11) is 0. The van der Waals surface area contributed by atoms with Gasteiger partial charge in [-0.3, -0.25) is 4.79 Å². The minimum Gasteiger partial charge on any atom is -0.353 e. The molecular formula is C16H25N3O. The van der Waals surface area contributed by atoms with E-state index in [0.717, 1.165) is 31.2 Å². The third-order valence-electron chi connectivity index (χ3n) is 4.25. The second-order valence-electron chi connectivity index (χ2n) is 5.85. The Bertz CT molecular complexity index is 427. The maximum atomic E-state index is 12.3. The van der Waals surface area contributed by atoms with Crippen molar-refractivity contribution in [2.75, 3.05) is 0 Å². The molecule has 0 aliphatic heterocycles. The third-order valence-corrected chi connectivity index (χ3v) is 4.25. The van der Waals surface area contributed by atoms with Gasteiger partial charge in [-0.25, -0.2) is 0 Å². The van der Waals surface area contributed by atoms with Crippen LogP contribution in [0.15, 0.2) is 30.3 Å². The van der Waals surface area contributed by atoms with Crippen molar-refractivity contribution in [3.05, 3.63) is 35.9 Å². The Kier molecular flexibility index (Phi) is 5.15. The van der Waals surface area contributed by atoms with Crippen molar-refractivity contribution in [1.82, 2.24) is 5.32 Å². The van der Waals surface area contributed by atoms with E-state index in [1.54, 1.807) is 0 Å². The minimum atomic E-state index is -0.262.